The summed E-state index contributed by atoms with van der Waals surface area (Å²) in [6.45, 7) is 5.16. The number of halogens is 1. The van der Waals surface area contributed by atoms with Gasteiger partial charge in [-0.15, -0.1) is 0 Å². The summed E-state index contributed by atoms with van der Waals surface area (Å²) in [6, 6.07) is 5.11. The first-order valence-corrected chi connectivity index (χ1v) is 10.2. The molecule has 0 bridgehead atoms. The van der Waals surface area contributed by atoms with Gasteiger partial charge in [-0.2, -0.15) is 0 Å². The van der Waals surface area contributed by atoms with Crippen LogP contribution in [0.2, 0.25) is 0 Å². The molecule has 2 heterocycles. The Hall–Kier alpha value is -1.67. The van der Waals surface area contributed by atoms with Crippen LogP contribution in [0.15, 0.2) is 23.4 Å². The number of benzene rings is 1. The minimum atomic E-state index is -3.34. The molecule has 6 nitrogen and oxygen atoms in total. The molecule has 8 heteroatoms. The van der Waals surface area contributed by atoms with E-state index >= 15 is 0 Å². The molecule has 3 rings (SSSR count). The van der Waals surface area contributed by atoms with Crippen molar-refractivity contribution < 1.29 is 17.6 Å². The minimum Gasteiger partial charge on any atom is -0.390 e. The number of oxime groups is 1. The lowest BCUT2D eigenvalue weighted by atomic mass is 10.0. The number of nitrogens with one attached hydrogen (secondary N) is 1. The predicted molar refractivity (Wildman–Crippen MR) is 95.9 cm³/mol. The van der Waals surface area contributed by atoms with E-state index in [4.69, 9.17) is 4.84 Å². The third-order valence-electron chi connectivity index (χ3n) is 4.59. The fourth-order valence-electron chi connectivity index (χ4n) is 2.98. The van der Waals surface area contributed by atoms with Crippen LogP contribution in [-0.2, 0) is 14.9 Å². The Kier molecular flexibility index (Phi) is 5.29. The zero-order valence-electron chi connectivity index (χ0n) is 14.5. The molecule has 0 aromatic heterocycles. The van der Waals surface area contributed by atoms with Gasteiger partial charge in [-0.1, -0.05) is 11.2 Å². The van der Waals surface area contributed by atoms with Crippen molar-refractivity contribution in [2.45, 2.75) is 44.5 Å². The zero-order chi connectivity index (χ0) is 18.0. The largest absolute Gasteiger partial charge is 0.390 e. The molecule has 0 aliphatic carbocycles. The number of sulfonamides is 1. The molecule has 1 fully saturated rings. The van der Waals surface area contributed by atoms with E-state index in [0.717, 1.165) is 25.9 Å². The number of hydrogen-bond acceptors (Lipinski definition) is 5. The van der Waals surface area contributed by atoms with Gasteiger partial charge in [0.2, 0.25) is 10.0 Å². The standard InChI is InChI=1S/C17H24FN3O3S/c1-12(2)25(22,23)19-11-14-10-16(20-24-14)13-5-6-17(15(18)9-13)21-7-3-4-8-21/h5-6,9,12,14,19H,3-4,7-8,10-11H2,1-2H3/t14-/m0/s1. The molecule has 1 saturated heterocycles. The van der Waals surface area contributed by atoms with Gasteiger partial charge < -0.3 is 9.74 Å². The van der Waals surface area contributed by atoms with Crippen LogP contribution in [0.3, 0.4) is 0 Å². The average Bonchev–Trinajstić information content (AvgIpc) is 3.24. The number of anilines is 1. The molecule has 0 saturated carbocycles. The Morgan fingerprint density at radius 3 is 2.72 bits per heavy atom. The average molecular weight is 369 g/mol. The second kappa shape index (κ2) is 7.29. The SMILES string of the molecule is CC(C)S(=O)(=O)NC[C@@H]1CC(c2ccc(N3CCCC3)c(F)c2)=NO1. The van der Waals surface area contributed by atoms with Crippen molar-refractivity contribution in [1.29, 1.82) is 0 Å². The van der Waals surface area contributed by atoms with Gasteiger partial charge in [-0.25, -0.2) is 17.5 Å². The van der Waals surface area contributed by atoms with Crippen molar-refractivity contribution in [1.82, 2.24) is 4.72 Å². The lowest BCUT2D eigenvalue weighted by Crippen LogP contribution is -2.36. The van der Waals surface area contributed by atoms with Crippen LogP contribution in [-0.4, -0.2) is 45.1 Å². The van der Waals surface area contributed by atoms with Crippen LogP contribution in [0.25, 0.3) is 0 Å². The Labute approximate surface area is 148 Å². The first kappa shape index (κ1) is 18.1. The second-order valence-electron chi connectivity index (χ2n) is 6.77. The van der Waals surface area contributed by atoms with Gasteiger partial charge in [0.1, 0.15) is 11.9 Å². The fraction of sp³-hybridized carbons (Fsp3) is 0.588. The van der Waals surface area contributed by atoms with E-state index in [1.807, 2.05) is 6.07 Å². The molecular formula is C17H24FN3O3S. The van der Waals surface area contributed by atoms with Crippen LogP contribution in [0.1, 0.15) is 38.7 Å². The van der Waals surface area contributed by atoms with Crippen molar-refractivity contribution in [2.24, 2.45) is 5.16 Å². The third-order valence-corrected chi connectivity index (χ3v) is 6.40. The highest BCUT2D eigenvalue weighted by atomic mass is 32.2. The summed E-state index contributed by atoms with van der Waals surface area (Å²) in [6.07, 6.45) is 2.26. The normalized spacial score (nSPS) is 20.9. The van der Waals surface area contributed by atoms with Gasteiger partial charge in [-0.05, 0) is 38.8 Å². The maximum Gasteiger partial charge on any atom is 0.214 e. The van der Waals surface area contributed by atoms with E-state index in [9.17, 15) is 12.8 Å². The molecule has 1 aromatic carbocycles. The van der Waals surface area contributed by atoms with Crippen LogP contribution in [0, 0.1) is 5.82 Å². The summed E-state index contributed by atoms with van der Waals surface area (Å²) in [4.78, 5) is 7.34. The van der Waals surface area contributed by atoms with Gasteiger partial charge in [0.25, 0.3) is 0 Å². The van der Waals surface area contributed by atoms with E-state index < -0.39 is 15.3 Å². The van der Waals surface area contributed by atoms with E-state index in [1.54, 1.807) is 19.9 Å². The molecule has 0 amide bonds. The lowest BCUT2D eigenvalue weighted by Gasteiger charge is -2.18. The smallest absolute Gasteiger partial charge is 0.214 e. The Balaban J connectivity index is 1.61. The van der Waals surface area contributed by atoms with E-state index in [0.29, 0.717) is 23.4 Å². The van der Waals surface area contributed by atoms with Crippen LogP contribution in [0.5, 0.6) is 0 Å². The summed E-state index contributed by atoms with van der Waals surface area (Å²) >= 11 is 0. The third kappa shape index (κ3) is 4.12. The van der Waals surface area contributed by atoms with E-state index in [2.05, 4.69) is 14.8 Å². The van der Waals surface area contributed by atoms with Gasteiger partial charge in [0.05, 0.1) is 23.2 Å². The lowest BCUT2D eigenvalue weighted by molar-refractivity contribution is 0.0891. The molecule has 25 heavy (non-hydrogen) atoms. The summed E-state index contributed by atoms with van der Waals surface area (Å²) in [5.41, 5.74) is 1.94. The molecule has 0 unspecified atom stereocenters. The van der Waals surface area contributed by atoms with Crippen LogP contribution < -0.4 is 9.62 Å². The maximum atomic E-state index is 14.4. The molecule has 1 N–H and O–H groups in total. The Morgan fingerprint density at radius 1 is 1.36 bits per heavy atom. The highest BCUT2D eigenvalue weighted by Crippen LogP contribution is 2.26. The highest BCUT2D eigenvalue weighted by Gasteiger charge is 2.26. The maximum absolute atomic E-state index is 14.4. The topological polar surface area (TPSA) is 71.0 Å². The molecule has 0 radical (unpaired) electrons. The summed E-state index contributed by atoms with van der Waals surface area (Å²) in [5.74, 6) is -0.258. The van der Waals surface area contributed by atoms with Crippen LogP contribution in [0.4, 0.5) is 10.1 Å². The molecule has 1 atom stereocenters. The molecule has 2 aliphatic rings. The molecule has 1 aromatic rings. The minimum absolute atomic E-state index is 0.155. The van der Waals surface area contributed by atoms with Gasteiger partial charge in [0.15, 0.2) is 0 Å². The van der Waals surface area contributed by atoms with Gasteiger partial charge in [0, 0.05) is 25.1 Å². The molecule has 0 spiro atoms. The first-order chi connectivity index (χ1) is 11.9. The second-order valence-corrected chi connectivity index (χ2v) is 9.09. The number of rotatable bonds is 6. The van der Waals surface area contributed by atoms with Gasteiger partial charge in [-0.3, -0.25) is 0 Å². The van der Waals surface area contributed by atoms with Crippen molar-refractivity contribution in [3.63, 3.8) is 0 Å². The van der Waals surface area contributed by atoms with Crippen molar-refractivity contribution in [3.8, 4) is 0 Å². The zero-order valence-corrected chi connectivity index (χ0v) is 15.4. The first-order valence-electron chi connectivity index (χ1n) is 8.63. The fourth-order valence-corrected chi connectivity index (χ4v) is 3.74. The van der Waals surface area contributed by atoms with Crippen molar-refractivity contribution >= 4 is 21.4 Å². The predicted octanol–water partition coefficient (Wildman–Crippen LogP) is 2.25. The highest BCUT2D eigenvalue weighted by molar-refractivity contribution is 7.90. The number of hydrogen-bond donors (Lipinski definition) is 1. The number of nitrogens with zero attached hydrogens (tertiary/aromatic N) is 2. The molecule has 138 valence electrons. The molecule has 2 aliphatic heterocycles. The van der Waals surface area contributed by atoms with E-state index in [-0.39, 0.29) is 18.5 Å². The van der Waals surface area contributed by atoms with Gasteiger partial charge >= 0.3 is 0 Å². The summed E-state index contributed by atoms with van der Waals surface area (Å²) in [7, 11) is -3.34. The quantitative estimate of drug-likeness (QED) is 0.835. The summed E-state index contributed by atoms with van der Waals surface area (Å²) in [5, 5.41) is 3.50. The Bertz CT molecular complexity index is 758. The van der Waals surface area contributed by atoms with Crippen LogP contribution >= 0.6 is 0 Å². The molecular weight excluding hydrogens is 345 g/mol. The van der Waals surface area contributed by atoms with Crippen molar-refractivity contribution in [2.75, 3.05) is 24.5 Å². The summed E-state index contributed by atoms with van der Waals surface area (Å²) < 4.78 is 40.5. The van der Waals surface area contributed by atoms with Crippen molar-refractivity contribution in [3.05, 3.63) is 29.6 Å². The monoisotopic (exact) mass is 369 g/mol. The Morgan fingerprint density at radius 2 is 2.08 bits per heavy atom. The van der Waals surface area contributed by atoms with E-state index in [1.165, 1.54) is 6.07 Å².